The van der Waals surface area contributed by atoms with E-state index in [0.717, 1.165) is 30.0 Å². The number of nitrogens with zero attached hydrogens (tertiary/aromatic N) is 2. The highest BCUT2D eigenvalue weighted by Gasteiger charge is 2.03. The van der Waals surface area contributed by atoms with Gasteiger partial charge in [-0.2, -0.15) is 0 Å². The summed E-state index contributed by atoms with van der Waals surface area (Å²) in [6.45, 7) is 5.22. The second-order valence-electron chi connectivity index (χ2n) is 8.41. The molecule has 170 valence electrons. The number of benzene rings is 1. The van der Waals surface area contributed by atoms with E-state index in [-0.39, 0.29) is 0 Å². The van der Waals surface area contributed by atoms with Crippen molar-refractivity contribution in [3.05, 3.63) is 54.4 Å². The molecule has 0 radical (unpaired) electrons. The molecule has 1 aromatic carbocycles. The molecule has 0 saturated heterocycles. The van der Waals surface area contributed by atoms with E-state index in [2.05, 4.69) is 36.0 Å². The molecule has 0 amide bonds. The number of allylic oxidation sites excluding steroid dienone is 1. The molecule has 0 aliphatic rings. The molecule has 0 bridgehead atoms. The van der Waals surface area contributed by atoms with Crippen LogP contribution < -0.4 is 4.74 Å². The van der Waals surface area contributed by atoms with Crippen LogP contribution in [0.2, 0.25) is 0 Å². The minimum Gasteiger partial charge on any atom is -0.493 e. The Bertz CT molecular complexity index is 707. The highest BCUT2D eigenvalue weighted by molar-refractivity contribution is 5.55. The lowest BCUT2D eigenvalue weighted by molar-refractivity contribution is 0.325. The van der Waals surface area contributed by atoms with E-state index >= 15 is 0 Å². The molecule has 3 nitrogen and oxygen atoms in total. The Labute approximate surface area is 190 Å². The summed E-state index contributed by atoms with van der Waals surface area (Å²) in [5, 5.41) is 0. The van der Waals surface area contributed by atoms with Crippen molar-refractivity contribution in [3.63, 3.8) is 0 Å². The minimum atomic E-state index is 0.716. The largest absolute Gasteiger partial charge is 0.493 e. The van der Waals surface area contributed by atoms with Crippen LogP contribution in [0.15, 0.2) is 48.8 Å². The summed E-state index contributed by atoms with van der Waals surface area (Å²) in [5.74, 6) is 1.68. The van der Waals surface area contributed by atoms with Gasteiger partial charge in [-0.1, -0.05) is 77.4 Å². The molecule has 0 atom stereocenters. The fourth-order valence-corrected chi connectivity index (χ4v) is 3.61. The molecule has 1 aromatic heterocycles. The molecule has 0 fully saturated rings. The van der Waals surface area contributed by atoms with Crippen molar-refractivity contribution >= 4 is 0 Å². The SMILES string of the molecule is CCCCC/C=C\CCOc1ccc(-c2ncc(CCCCCCCCC)cn2)cc1. The van der Waals surface area contributed by atoms with Crippen LogP contribution in [-0.4, -0.2) is 16.6 Å². The van der Waals surface area contributed by atoms with Crippen molar-refractivity contribution in [2.45, 2.75) is 97.3 Å². The van der Waals surface area contributed by atoms with Gasteiger partial charge < -0.3 is 4.74 Å². The first-order valence-corrected chi connectivity index (χ1v) is 12.5. The zero-order valence-electron chi connectivity index (χ0n) is 19.8. The summed E-state index contributed by atoms with van der Waals surface area (Å²) >= 11 is 0. The first kappa shape index (κ1) is 25.1. The van der Waals surface area contributed by atoms with Crippen LogP contribution in [0.3, 0.4) is 0 Å². The normalized spacial score (nSPS) is 11.3. The summed E-state index contributed by atoms with van der Waals surface area (Å²) in [5.41, 5.74) is 2.27. The third-order valence-corrected chi connectivity index (χ3v) is 5.58. The Kier molecular flexibility index (Phi) is 13.4. The topological polar surface area (TPSA) is 35.0 Å². The monoisotopic (exact) mass is 422 g/mol. The van der Waals surface area contributed by atoms with Gasteiger partial charge in [-0.15, -0.1) is 0 Å². The fraction of sp³-hybridized carbons (Fsp3) is 0.571. The molecular formula is C28H42N2O. The van der Waals surface area contributed by atoms with Gasteiger partial charge in [-0.25, -0.2) is 9.97 Å². The number of hydrogen-bond acceptors (Lipinski definition) is 3. The van der Waals surface area contributed by atoms with Gasteiger partial charge in [0, 0.05) is 18.0 Å². The lowest BCUT2D eigenvalue weighted by Crippen LogP contribution is -1.96. The Morgan fingerprint density at radius 2 is 1.32 bits per heavy atom. The predicted molar refractivity (Wildman–Crippen MR) is 133 cm³/mol. The predicted octanol–water partition coefficient (Wildman–Crippen LogP) is 8.34. The van der Waals surface area contributed by atoms with Crippen molar-refractivity contribution < 1.29 is 4.74 Å². The molecule has 2 rings (SSSR count). The zero-order valence-corrected chi connectivity index (χ0v) is 19.8. The Hall–Kier alpha value is -2.16. The van der Waals surface area contributed by atoms with Crippen molar-refractivity contribution in [3.8, 4) is 17.1 Å². The summed E-state index contributed by atoms with van der Waals surface area (Å²) in [7, 11) is 0. The van der Waals surface area contributed by atoms with E-state index in [1.54, 1.807) is 0 Å². The third kappa shape index (κ3) is 11.1. The molecule has 3 heteroatoms. The van der Waals surface area contributed by atoms with Crippen molar-refractivity contribution in [2.24, 2.45) is 0 Å². The van der Waals surface area contributed by atoms with Crippen LogP contribution >= 0.6 is 0 Å². The number of aryl methyl sites for hydroxylation is 1. The summed E-state index contributed by atoms with van der Waals surface area (Å²) < 4.78 is 5.84. The average Bonchev–Trinajstić information content (AvgIpc) is 2.81. The molecule has 31 heavy (non-hydrogen) atoms. The lowest BCUT2D eigenvalue weighted by Gasteiger charge is -2.06. The van der Waals surface area contributed by atoms with E-state index in [1.165, 1.54) is 76.2 Å². The van der Waals surface area contributed by atoms with E-state index in [4.69, 9.17) is 4.74 Å². The number of unbranched alkanes of at least 4 members (excludes halogenated alkanes) is 9. The molecule has 0 spiro atoms. The number of hydrogen-bond donors (Lipinski definition) is 0. The van der Waals surface area contributed by atoms with Crippen LogP contribution in [0, 0.1) is 0 Å². The molecule has 1 heterocycles. The molecule has 0 aliphatic carbocycles. The first-order valence-electron chi connectivity index (χ1n) is 12.5. The molecular weight excluding hydrogens is 380 g/mol. The number of rotatable bonds is 17. The average molecular weight is 423 g/mol. The van der Waals surface area contributed by atoms with Crippen LogP contribution in [-0.2, 0) is 6.42 Å². The Morgan fingerprint density at radius 1 is 0.710 bits per heavy atom. The smallest absolute Gasteiger partial charge is 0.159 e. The van der Waals surface area contributed by atoms with Gasteiger partial charge in [-0.05, 0) is 61.9 Å². The van der Waals surface area contributed by atoms with Gasteiger partial charge >= 0.3 is 0 Å². The molecule has 0 N–H and O–H groups in total. The van der Waals surface area contributed by atoms with E-state index in [1.807, 2.05) is 36.7 Å². The maximum Gasteiger partial charge on any atom is 0.159 e. The highest BCUT2D eigenvalue weighted by Crippen LogP contribution is 2.20. The van der Waals surface area contributed by atoms with Crippen LogP contribution in [0.4, 0.5) is 0 Å². The van der Waals surface area contributed by atoms with Gasteiger partial charge in [0.15, 0.2) is 5.82 Å². The quantitative estimate of drug-likeness (QED) is 0.190. The van der Waals surface area contributed by atoms with Crippen molar-refractivity contribution in [1.82, 2.24) is 9.97 Å². The maximum atomic E-state index is 5.84. The summed E-state index contributed by atoms with van der Waals surface area (Å²) in [4.78, 5) is 9.15. The van der Waals surface area contributed by atoms with Crippen molar-refractivity contribution in [1.29, 1.82) is 0 Å². The highest BCUT2D eigenvalue weighted by atomic mass is 16.5. The molecule has 2 aromatic rings. The van der Waals surface area contributed by atoms with E-state index < -0.39 is 0 Å². The van der Waals surface area contributed by atoms with Crippen LogP contribution in [0.25, 0.3) is 11.4 Å². The number of ether oxygens (including phenoxy) is 1. The number of aromatic nitrogens is 2. The second-order valence-corrected chi connectivity index (χ2v) is 8.41. The van der Waals surface area contributed by atoms with Crippen LogP contribution in [0.5, 0.6) is 5.75 Å². The van der Waals surface area contributed by atoms with Gasteiger partial charge in [-0.3, -0.25) is 0 Å². The Morgan fingerprint density at radius 3 is 2.03 bits per heavy atom. The lowest BCUT2D eigenvalue weighted by atomic mass is 10.1. The summed E-state index contributed by atoms with van der Waals surface area (Å²) in [6.07, 6.45) is 24.9. The first-order chi connectivity index (χ1) is 15.3. The minimum absolute atomic E-state index is 0.716. The molecule has 0 aliphatic heterocycles. The Balaban J connectivity index is 1.66. The summed E-state index contributed by atoms with van der Waals surface area (Å²) in [6, 6.07) is 8.11. The third-order valence-electron chi connectivity index (χ3n) is 5.58. The molecule has 0 saturated carbocycles. The van der Waals surface area contributed by atoms with Gasteiger partial charge in [0.2, 0.25) is 0 Å². The zero-order chi connectivity index (χ0) is 22.0. The van der Waals surface area contributed by atoms with Crippen molar-refractivity contribution in [2.75, 3.05) is 6.61 Å². The standard InChI is InChI=1S/C28H42N2O/c1-3-5-7-9-11-13-15-17-25-23-29-28(30-24-25)26-18-20-27(21-19-26)31-22-16-14-12-10-8-6-4-2/h12,14,18-21,23-24H,3-11,13,15-17,22H2,1-2H3/b14-12-. The van der Waals surface area contributed by atoms with E-state index in [9.17, 15) is 0 Å². The second kappa shape index (κ2) is 16.5. The maximum absolute atomic E-state index is 5.84. The van der Waals surface area contributed by atoms with Gasteiger partial charge in [0.25, 0.3) is 0 Å². The fourth-order valence-electron chi connectivity index (χ4n) is 3.61. The molecule has 0 unspecified atom stereocenters. The van der Waals surface area contributed by atoms with E-state index in [0.29, 0.717) is 6.61 Å². The van der Waals surface area contributed by atoms with Gasteiger partial charge in [0.1, 0.15) is 5.75 Å². The van der Waals surface area contributed by atoms with Crippen LogP contribution in [0.1, 0.15) is 96.5 Å². The van der Waals surface area contributed by atoms with Gasteiger partial charge in [0.05, 0.1) is 6.61 Å².